The van der Waals surface area contributed by atoms with Gasteiger partial charge >= 0.3 is 5.97 Å². The molecule has 0 spiro atoms. The molecule has 0 radical (unpaired) electrons. The van der Waals surface area contributed by atoms with E-state index in [9.17, 15) is 9.59 Å². The number of amides is 1. The standard InChI is InChI=1S/C24H22N4O3S/c1-31-23(30)16-5-8-20-18(13-16)19-14-27(11-9-21(19)26-20)22(29)15-3-6-17(7-4-15)28-12-10-25-24(28)32-2/h3-8,10,12-13,26H,9,11,14H2,1-2H3. The van der Waals surface area contributed by atoms with Crippen LogP contribution < -0.4 is 0 Å². The second kappa shape index (κ2) is 8.20. The number of fused-ring (bicyclic) bond motifs is 3. The number of hydrogen-bond donors (Lipinski definition) is 1. The van der Waals surface area contributed by atoms with E-state index < -0.39 is 0 Å². The molecule has 1 aliphatic rings. The third kappa shape index (κ3) is 3.46. The maximum Gasteiger partial charge on any atom is 0.337 e. The monoisotopic (exact) mass is 446 g/mol. The van der Waals surface area contributed by atoms with E-state index in [4.69, 9.17) is 4.74 Å². The summed E-state index contributed by atoms with van der Waals surface area (Å²) in [5, 5.41) is 1.86. The lowest BCUT2D eigenvalue weighted by atomic mass is 10.0. The fraction of sp³-hybridized carbons (Fsp3) is 0.208. The Kier molecular flexibility index (Phi) is 5.22. The van der Waals surface area contributed by atoms with Gasteiger partial charge in [-0.05, 0) is 48.7 Å². The first kappa shape index (κ1) is 20.4. The summed E-state index contributed by atoms with van der Waals surface area (Å²) in [4.78, 5) is 34.8. The normalized spacial score (nSPS) is 13.2. The molecule has 0 atom stereocenters. The molecule has 162 valence electrons. The summed E-state index contributed by atoms with van der Waals surface area (Å²) in [6.45, 7) is 1.14. The Bertz CT molecular complexity index is 1320. The lowest BCUT2D eigenvalue weighted by molar-refractivity contribution is 0.0600. The second-order valence-electron chi connectivity index (χ2n) is 7.64. The van der Waals surface area contributed by atoms with E-state index in [1.165, 1.54) is 7.11 Å². The summed E-state index contributed by atoms with van der Waals surface area (Å²) >= 11 is 1.57. The molecule has 1 amide bonds. The predicted molar refractivity (Wildman–Crippen MR) is 123 cm³/mol. The molecular formula is C24H22N4O3S. The molecule has 0 bridgehead atoms. The van der Waals surface area contributed by atoms with Gasteiger partial charge in [0.2, 0.25) is 0 Å². The molecule has 1 aliphatic heterocycles. The van der Waals surface area contributed by atoms with Crippen LogP contribution in [0.3, 0.4) is 0 Å². The van der Waals surface area contributed by atoms with Crippen molar-refractivity contribution in [3.8, 4) is 5.69 Å². The van der Waals surface area contributed by atoms with Gasteiger partial charge in [0.15, 0.2) is 5.16 Å². The number of H-pyrrole nitrogens is 1. The van der Waals surface area contributed by atoms with E-state index in [0.29, 0.717) is 24.2 Å². The van der Waals surface area contributed by atoms with Crippen LogP contribution in [0.15, 0.2) is 60.0 Å². The number of thioether (sulfide) groups is 1. The highest BCUT2D eigenvalue weighted by atomic mass is 32.2. The van der Waals surface area contributed by atoms with E-state index >= 15 is 0 Å². The van der Waals surface area contributed by atoms with Gasteiger partial charge in [0.05, 0.1) is 12.7 Å². The molecule has 0 unspecified atom stereocenters. The summed E-state index contributed by atoms with van der Waals surface area (Å²) in [6, 6.07) is 13.1. The number of aromatic nitrogens is 3. The number of carbonyl (C=O) groups is 2. The van der Waals surface area contributed by atoms with Crippen molar-refractivity contribution in [3.63, 3.8) is 0 Å². The first-order chi connectivity index (χ1) is 15.6. The molecule has 0 aliphatic carbocycles. The van der Waals surface area contributed by atoms with Gasteiger partial charge < -0.3 is 14.6 Å². The number of aromatic amines is 1. The number of esters is 1. The highest BCUT2D eigenvalue weighted by Gasteiger charge is 2.25. The Morgan fingerprint density at radius 2 is 1.91 bits per heavy atom. The fourth-order valence-electron chi connectivity index (χ4n) is 4.22. The average molecular weight is 447 g/mol. The molecule has 2 aromatic carbocycles. The number of ether oxygens (including phenoxy) is 1. The molecule has 3 heterocycles. The Labute approximate surface area is 189 Å². The number of nitrogens with zero attached hydrogens (tertiary/aromatic N) is 3. The minimum Gasteiger partial charge on any atom is -0.465 e. The highest BCUT2D eigenvalue weighted by Crippen LogP contribution is 2.29. The van der Waals surface area contributed by atoms with Gasteiger partial charge in [-0.1, -0.05) is 11.8 Å². The van der Waals surface area contributed by atoms with Crippen molar-refractivity contribution in [2.45, 2.75) is 18.1 Å². The van der Waals surface area contributed by atoms with Crippen molar-refractivity contribution < 1.29 is 14.3 Å². The van der Waals surface area contributed by atoms with Gasteiger partial charge in [0.25, 0.3) is 5.91 Å². The number of hydrogen-bond acceptors (Lipinski definition) is 5. The number of methoxy groups -OCH3 is 1. The summed E-state index contributed by atoms with van der Waals surface area (Å²) in [7, 11) is 1.37. The number of rotatable bonds is 4. The van der Waals surface area contributed by atoms with Crippen LogP contribution in [0.4, 0.5) is 0 Å². The largest absolute Gasteiger partial charge is 0.465 e. The number of imidazole rings is 1. The summed E-state index contributed by atoms with van der Waals surface area (Å²) < 4.78 is 6.85. The molecule has 8 heteroatoms. The fourth-order valence-corrected chi connectivity index (χ4v) is 4.75. The van der Waals surface area contributed by atoms with Crippen molar-refractivity contribution in [2.24, 2.45) is 0 Å². The Morgan fingerprint density at radius 1 is 1.12 bits per heavy atom. The van der Waals surface area contributed by atoms with Gasteiger partial charge in [0, 0.05) is 65.3 Å². The molecule has 2 aromatic heterocycles. The van der Waals surface area contributed by atoms with E-state index in [2.05, 4.69) is 9.97 Å². The Hall–Kier alpha value is -3.52. The lowest BCUT2D eigenvalue weighted by Crippen LogP contribution is -2.35. The zero-order valence-corrected chi connectivity index (χ0v) is 18.6. The van der Waals surface area contributed by atoms with Crippen LogP contribution in [0.25, 0.3) is 16.6 Å². The van der Waals surface area contributed by atoms with E-state index in [1.807, 2.05) is 58.3 Å². The minimum absolute atomic E-state index is 0.00334. The van der Waals surface area contributed by atoms with Crippen LogP contribution in [0.5, 0.6) is 0 Å². The average Bonchev–Trinajstić information content (AvgIpc) is 3.46. The van der Waals surface area contributed by atoms with Crippen LogP contribution in [0.1, 0.15) is 32.0 Å². The van der Waals surface area contributed by atoms with E-state index in [0.717, 1.165) is 39.4 Å². The summed E-state index contributed by atoms with van der Waals surface area (Å²) in [5.74, 6) is -0.371. The zero-order chi connectivity index (χ0) is 22.2. The molecular weight excluding hydrogens is 424 g/mol. The van der Waals surface area contributed by atoms with Crippen molar-refractivity contribution >= 4 is 34.5 Å². The first-order valence-corrected chi connectivity index (χ1v) is 11.5. The second-order valence-corrected chi connectivity index (χ2v) is 8.41. The smallest absolute Gasteiger partial charge is 0.337 e. The summed E-state index contributed by atoms with van der Waals surface area (Å²) in [6.07, 6.45) is 6.41. The maximum atomic E-state index is 13.2. The van der Waals surface area contributed by atoms with Crippen molar-refractivity contribution in [1.82, 2.24) is 19.4 Å². The van der Waals surface area contributed by atoms with Crippen LogP contribution in [-0.2, 0) is 17.7 Å². The highest BCUT2D eigenvalue weighted by molar-refractivity contribution is 7.98. The summed E-state index contributed by atoms with van der Waals surface area (Å²) in [5.41, 5.74) is 5.27. The van der Waals surface area contributed by atoms with E-state index in [-0.39, 0.29) is 11.9 Å². The molecule has 0 fully saturated rings. The van der Waals surface area contributed by atoms with Gasteiger partial charge in [-0.3, -0.25) is 9.36 Å². The SMILES string of the molecule is COC(=O)c1ccc2[nH]c3c(c2c1)CN(C(=O)c1ccc(-n2ccnc2SC)cc1)CC3. The van der Waals surface area contributed by atoms with Gasteiger partial charge in [-0.15, -0.1) is 0 Å². The van der Waals surface area contributed by atoms with Crippen molar-refractivity contribution in [1.29, 1.82) is 0 Å². The Balaban J connectivity index is 1.40. The van der Waals surface area contributed by atoms with Crippen LogP contribution in [-0.4, -0.2) is 51.2 Å². The van der Waals surface area contributed by atoms with Crippen molar-refractivity contribution in [2.75, 3.05) is 19.9 Å². The number of nitrogens with one attached hydrogen (secondary N) is 1. The third-order valence-electron chi connectivity index (χ3n) is 5.87. The predicted octanol–water partition coefficient (Wildman–Crippen LogP) is 4.06. The minimum atomic E-state index is -0.367. The van der Waals surface area contributed by atoms with Gasteiger partial charge in [-0.2, -0.15) is 0 Å². The lowest BCUT2D eigenvalue weighted by Gasteiger charge is -2.27. The molecule has 5 rings (SSSR count). The Morgan fingerprint density at radius 3 is 2.66 bits per heavy atom. The molecule has 1 N–H and O–H groups in total. The molecule has 0 saturated carbocycles. The first-order valence-electron chi connectivity index (χ1n) is 10.3. The molecule has 7 nitrogen and oxygen atoms in total. The molecule has 0 saturated heterocycles. The van der Waals surface area contributed by atoms with Crippen LogP contribution in [0.2, 0.25) is 0 Å². The number of benzene rings is 2. The molecule has 4 aromatic rings. The van der Waals surface area contributed by atoms with Gasteiger partial charge in [-0.25, -0.2) is 9.78 Å². The van der Waals surface area contributed by atoms with Crippen LogP contribution in [0, 0.1) is 0 Å². The van der Waals surface area contributed by atoms with Crippen molar-refractivity contribution in [3.05, 3.63) is 77.2 Å². The van der Waals surface area contributed by atoms with E-state index in [1.54, 1.807) is 24.0 Å². The number of carbonyl (C=O) groups excluding carboxylic acids is 2. The quantitative estimate of drug-likeness (QED) is 0.378. The zero-order valence-electron chi connectivity index (χ0n) is 17.8. The van der Waals surface area contributed by atoms with Gasteiger partial charge in [0.1, 0.15) is 0 Å². The van der Waals surface area contributed by atoms with Crippen LogP contribution >= 0.6 is 11.8 Å². The maximum absolute atomic E-state index is 13.2. The third-order valence-corrected chi connectivity index (χ3v) is 6.53. The topological polar surface area (TPSA) is 80.2 Å². The molecule has 32 heavy (non-hydrogen) atoms.